The first-order chi connectivity index (χ1) is 9.84. The van der Waals surface area contributed by atoms with Crippen LogP contribution in [0.4, 0.5) is 0 Å². The fraction of sp³-hybridized carbons (Fsp3) is 0.500. The van der Waals surface area contributed by atoms with Crippen molar-refractivity contribution in [2.45, 2.75) is 11.3 Å². The van der Waals surface area contributed by atoms with Crippen molar-refractivity contribution in [2.75, 3.05) is 40.8 Å². The highest BCUT2D eigenvalue weighted by atomic mass is 32.2. The molecule has 0 aromatic heterocycles. The lowest BCUT2D eigenvalue weighted by atomic mass is 10.4. The number of sulfonamides is 1. The summed E-state index contributed by atoms with van der Waals surface area (Å²) in [4.78, 5) is 14.0. The average Bonchev–Trinajstić information content (AvgIpc) is 2.44. The van der Waals surface area contributed by atoms with E-state index in [1.54, 1.807) is 18.2 Å². The van der Waals surface area contributed by atoms with Gasteiger partial charge in [0.25, 0.3) is 0 Å². The van der Waals surface area contributed by atoms with Gasteiger partial charge in [-0.3, -0.25) is 4.79 Å². The zero-order valence-corrected chi connectivity index (χ0v) is 13.6. The van der Waals surface area contributed by atoms with E-state index >= 15 is 0 Å². The molecular weight excluding hydrogens is 290 g/mol. The molecule has 1 rings (SSSR count). The van der Waals surface area contributed by atoms with Gasteiger partial charge in [0.2, 0.25) is 15.9 Å². The summed E-state index contributed by atoms with van der Waals surface area (Å²) < 4.78 is 25.5. The van der Waals surface area contributed by atoms with Gasteiger partial charge in [-0.05, 0) is 39.2 Å². The van der Waals surface area contributed by atoms with Gasteiger partial charge in [0.15, 0.2) is 0 Å². The predicted molar refractivity (Wildman–Crippen MR) is 82.4 cm³/mol. The lowest BCUT2D eigenvalue weighted by molar-refractivity contribution is -0.121. The molecule has 0 radical (unpaired) electrons. The van der Waals surface area contributed by atoms with Gasteiger partial charge in [-0.2, -0.15) is 4.31 Å². The predicted octanol–water partition coefficient (Wildman–Crippen LogP) is 0.375. The van der Waals surface area contributed by atoms with Crippen molar-refractivity contribution in [3.8, 4) is 0 Å². The van der Waals surface area contributed by atoms with Crippen molar-refractivity contribution in [2.24, 2.45) is 0 Å². The summed E-state index contributed by atoms with van der Waals surface area (Å²) in [5.41, 5.74) is 0. The van der Waals surface area contributed by atoms with Crippen LogP contribution in [-0.4, -0.2) is 64.3 Å². The molecule has 0 fully saturated rings. The second kappa shape index (κ2) is 8.11. The van der Waals surface area contributed by atoms with Crippen LogP contribution < -0.4 is 5.32 Å². The third kappa shape index (κ3) is 5.82. The SMILES string of the molecule is CN(C)CCCNC(=O)CN(C)S(=O)(=O)c1ccccc1. The molecule has 1 amide bonds. The Hall–Kier alpha value is -1.44. The lowest BCUT2D eigenvalue weighted by Crippen LogP contribution is -2.39. The number of hydrogen-bond donors (Lipinski definition) is 1. The first-order valence-electron chi connectivity index (χ1n) is 6.77. The molecule has 0 bridgehead atoms. The van der Waals surface area contributed by atoms with Crippen LogP contribution in [0.5, 0.6) is 0 Å². The quantitative estimate of drug-likeness (QED) is 0.704. The molecule has 0 unspecified atom stereocenters. The van der Waals surface area contributed by atoms with Crippen LogP contribution >= 0.6 is 0 Å². The third-order valence-electron chi connectivity index (χ3n) is 2.92. The van der Waals surface area contributed by atoms with E-state index in [9.17, 15) is 13.2 Å². The Labute approximate surface area is 126 Å². The Bertz CT molecular complexity index is 544. The largest absolute Gasteiger partial charge is 0.355 e. The molecule has 0 aliphatic rings. The zero-order valence-electron chi connectivity index (χ0n) is 12.7. The normalized spacial score (nSPS) is 11.9. The van der Waals surface area contributed by atoms with Crippen molar-refractivity contribution in [3.05, 3.63) is 30.3 Å². The molecule has 1 aromatic carbocycles. The molecule has 0 aliphatic carbocycles. The van der Waals surface area contributed by atoms with E-state index in [-0.39, 0.29) is 17.3 Å². The number of carbonyl (C=O) groups is 1. The van der Waals surface area contributed by atoms with E-state index < -0.39 is 10.0 Å². The van der Waals surface area contributed by atoms with Crippen LogP contribution in [0.15, 0.2) is 35.2 Å². The number of nitrogens with zero attached hydrogens (tertiary/aromatic N) is 2. The van der Waals surface area contributed by atoms with Crippen molar-refractivity contribution < 1.29 is 13.2 Å². The number of rotatable bonds is 8. The van der Waals surface area contributed by atoms with Gasteiger partial charge in [0, 0.05) is 13.6 Å². The number of carbonyl (C=O) groups excluding carboxylic acids is 1. The van der Waals surface area contributed by atoms with E-state index in [1.165, 1.54) is 19.2 Å². The number of benzene rings is 1. The molecule has 0 aliphatic heterocycles. The van der Waals surface area contributed by atoms with E-state index in [1.807, 2.05) is 19.0 Å². The minimum atomic E-state index is -3.61. The van der Waals surface area contributed by atoms with Gasteiger partial charge in [0.1, 0.15) is 0 Å². The Morgan fingerprint density at radius 1 is 1.14 bits per heavy atom. The molecule has 21 heavy (non-hydrogen) atoms. The Morgan fingerprint density at radius 3 is 2.33 bits per heavy atom. The summed E-state index contributed by atoms with van der Waals surface area (Å²) in [6.45, 7) is 1.23. The summed E-state index contributed by atoms with van der Waals surface area (Å²) in [5, 5.41) is 2.72. The molecule has 0 heterocycles. The summed E-state index contributed by atoms with van der Waals surface area (Å²) >= 11 is 0. The monoisotopic (exact) mass is 313 g/mol. The highest BCUT2D eigenvalue weighted by molar-refractivity contribution is 7.89. The van der Waals surface area contributed by atoms with Gasteiger partial charge in [-0.25, -0.2) is 8.42 Å². The summed E-state index contributed by atoms with van der Waals surface area (Å²) in [7, 11) is 1.71. The number of hydrogen-bond acceptors (Lipinski definition) is 4. The Balaban J connectivity index is 2.49. The van der Waals surface area contributed by atoms with Gasteiger partial charge < -0.3 is 10.2 Å². The molecular formula is C14H23N3O3S. The fourth-order valence-corrected chi connectivity index (χ4v) is 2.89. The molecule has 1 aromatic rings. The van der Waals surface area contributed by atoms with Crippen LogP contribution in [0.25, 0.3) is 0 Å². The maximum atomic E-state index is 12.2. The number of amides is 1. The first kappa shape index (κ1) is 17.6. The van der Waals surface area contributed by atoms with Gasteiger partial charge in [-0.15, -0.1) is 0 Å². The maximum Gasteiger partial charge on any atom is 0.243 e. The lowest BCUT2D eigenvalue weighted by Gasteiger charge is -2.17. The van der Waals surface area contributed by atoms with Gasteiger partial charge >= 0.3 is 0 Å². The van der Waals surface area contributed by atoms with E-state index in [4.69, 9.17) is 0 Å². The van der Waals surface area contributed by atoms with Crippen molar-refractivity contribution in [1.29, 1.82) is 0 Å². The minimum absolute atomic E-state index is 0.181. The molecule has 1 N–H and O–H groups in total. The topological polar surface area (TPSA) is 69.7 Å². The molecule has 0 atom stereocenters. The third-order valence-corrected chi connectivity index (χ3v) is 4.74. The van der Waals surface area contributed by atoms with Crippen LogP contribution in [0, 0.1) is 0 Å². The smallest absolute Gasteiger partial charge is 0.243 e. The average molecular weight is 313 g/mol. The minimum Gasteiger partial charge on any atom is -0.355 e. The van der Waals surface area contributed by atoms with Gasteiger partial charge in [0.05, 0.1) is 11.4 Å². The van der Waals surface area contributed by atoms with Crippen molar-refractivity contribution in [3.63, 3.8) is 0 Å². The zero-order chi connectivity index (χ0) is 15.9. The molecule has 0 spiro atoms. The Morgan fingerprint density at radius 2 is 1.76 bits per heavy atom. The molecule has 0 saturated heterocycles. The van der Waals surface area contributed by atoms with Crippen LogP contribution in [0.3, 0.4) is 0 Å². The number of likely N-dealkylation sites (N-methyl/N-ethyl adjacent to an activating group) is 1. The van der Waals surface area contributed by atoms with E-state index in [0.717, 1.165) is 17.3 Å². The van der Waals surface area contributed by atoms with Crippen molar-refractivity contribution in [1.82, 2.24) is 14.5 Å². The summed E-state index contributed by atoms with van der Waals surface area (Å²) in [6.07, 6.45) is 0.827. The maximum absolute atomic E-state index is 12.2. The Kier molecular flexibility index (Phi) is 6.80. The van der Waals surface area contributed by atoms with Crippen LogP contribution in [0.2, 0.25) is 0 Å². The van der Waals surface area contributed by atoms with Gasteiger partial charge in [-0.1, -0.05) is 18.2 Å². The molecule has 118 valence electrons. The summed E-state index contributed by atoms with van der Waals surface area (Å²) in [5.74, 6) is -0.296. The highest BCUT2D eigenvalue weighted by Crippen LogP contribution is 2.12. The first-order valence-corrected chi connectivity index (χ1v) is 8.21. The second-order valence-corrected chi connectivity index (χ2v) is 7.13. The van der Waals surface area contributed by atoms with Crippen molar-refractivity contribution >= 4 is 15.9 Å². The molecule has 7 heteroatoms. The van der Waals surface area contributed by atoms with E-state index in [0.29, 0.717) is 6.54 Å². The number of nitrogens with one attached hydrogen (secondary N) is 1. The standard InChI is InChI=1S/C14H23N3O3S/c1-16(2)11-7-10-15-14(18)12-17(3)21(19,20)13-8-5-4-6-9-13/h4-6,8-9H,7,10-12H2,1-3H3,(H,15,18). The highest BCUT2D eigenvalue weighted by Gasteiger charge is 2.22. The molecule has 6 nitrogen and oxygen atoms in total. The van der Waals surface area contributed by atoms with Crippen LogP contribution in [0.1, 0.15) is 6.42 Å². The summed E-state index contributed by atoms with van der Waals surface area (Å²) in [6, 6.07) is 8.09. The van der Waals surface area contributed by atoms with Crippen LogP contribution in [-0.2, 0) is 14.8 Å². The van der Waals surface area contributed by atoms with E-state index in [2.05, 4.69) is 5.32 Å². The second-order valence-electron chi connectivity index (χ2n) is 5.08. The fourth-order valence-electron chi connectivity index (χ4n) is 1.74. The molecule has 0 saturated carbocycles.